The molecule has 2 atom stereocenters. The van der Waals surface area contributed by atoms with Crippen LogP contribution in [0.1, 0.15) is 45.6 Å². The number of benzene rings is 1. The molecule has 1 aromatic rings. The molecule has 0 aromatic heterocycles. The smallest absolute Gasteiger partial charge is 0.410 e. The van der Waals surface area contributed by atoms with Crippen LogP contribution in [-0.2, 0) is 30.4 Å². The Morgan fingerprint density at radius 3 is 2.58 bits per heavy atom. The number of hydrogen-bond acceptors (Lipinski definition) is 6. The molecule has 0 saturated carbocycles. The van der Waals surface area contributed by atoms with Gasteiger partial charge in [-0.1, -0.05) is 36.4 Å². The van der Waals surface area contributed by atoms with Crippen molar-refractivity contribution in [1.82, 2.24) is 4.90 Å². The molecule has 1 aliphatic heterocycles. The lowest BCUT2D eigenvalue weighted by molar-refractivity contribution is -0.154. The third-order valence-corrected chi connectivity index (χ3v) is 4.81. The Bertz CT molecular complexity index is 755. The van der Waals surface area contributed by atoms with Gasteiger partial charge in [-0.05, 0) is 39.2 Å². The van der Waals surface area contributed by atoms with Gasteiger partial charge in [-0.3, -0.25) is 14.5 Å². The van der Waals surface area contributed by atoms with Gasteiger partial charge in [0.05, 0.1) is 25.2 Å². The van der Waals surface area contributed by atoms with E-state index < -0.39 is 29.6 Å². The van der Waals surface area contributed by atoms with Gasteiger partial charge in [0.1, 0.15) is 12.2 Å². The van der Waals surface area contributed by atoms with Crippen LogP contribution in [0.5, 0.6) is 0 Å². The Hall–Kier alpha value is -2.67. The molecule has 1 aliphatic rings. The van der Waals surface area contributed by atoms with E-state index in [2.05, 4.69) is 6.58 Å². The summed E-state index contributed by atoms with van der Waals surface area (Å²) >= 11 is 0. The molecule has 170 valence electrons. The number of ether oxygens (including phenoxy) is 3. The number of rotatable bonds is 10. The number of Topliss-reactive ketones (excluding diaryl/α,β-unsaturated/α-hetero) is 1. The summed E-state index contributed by atoms with van der Waals surface area (Å²) in [5, 5.41) is 0. The fraction of sp³-hybridized carbons (Fsp3) is 0.542. The summed E-state index contributed by atoms with van der Waals surface area (Å²) in [6.45, 7) is 9.85. The summed E-state index contributed by atoms with van der Waals surface area (Å²) in [7, 11) is 0. The lowest BCUT2D eigenvalue weighted by Crippen LogP contribution is -2.44. The summed E-state index contributed by atoms with van der Waals surface area (Å²) < 4.78 is 16.3. The zero-order valence-corrected chi connectivity index (χ0v) is 18.7. The van der Waals surface area contributed by atoms with Gasteiger partial charge in [0.15, 0.2) is 5.78 Å². The van der Waals surface area contributed by atoms with Crippen molar-refractivity contribution in [3.05, 3.63) is 48.6 Å². The first kappa shape index (κ1) is 24.6. The van der Waals surface area contributed by atoms with Crippen molar-refractivity contribution in [3.8, 4) is 0 Å². The van der Waals surface area contributed by atoms with Gasteiger partial charge in [-0.25, -0.2) is 4.79 Å². The van der Waals surface area contributed by atoms with Crippen LogP contribution in [0.25, 0.3) is 0 Å². The molecule has 1 aromatic carbocycles. The van der Waals surface area contributed by atoms with Gasteiger partial charge < -0.3 is 14.2 Å². The zero-order chi connectivity index (χ0) is 22.9. The molecule has 0 spiro atoms. The molecule has 1 fully saturated rings. The molecule has 2 rings (SSSR count). The normalized spacial score (nSPS) is 17.1. The maximum atomic E-state index is 13.0. The maximum absolute atomic E-state index is 13.0. The average Bonchev–Trinajstić information content (AvgIpc) is 3.21. The van der Waals surface area contributed by atoms with E-state index in [1.165, 1.54) is 4.90 Å². The molecular formula is C24H33NO6. The molecule has 31 heavy (non-hydrogen) atoms. The lowest BCUT2D eigenvalue weighted by atomic mass is 9.98. The predicted molar refractivity (Wildman–Crippen MR) is 116 cm³/mol. The van der Waals surface area contributed by atoms with E-state index in [4.69, 9.17) is 14.2 Å². The molecule has 0 radical (unpaired) electrons. The minimum Gasteiger partial charge on any atom is -0.461 e. The van der Waals surface area contributed by atoms with Crippen molar-refractivity contribution >= 4 is 17.8 Å². The van der Waals surface area contributed by atoms with E-state index >= 15 is 0 Å². The van der Waals surface area contributed by atoms with Gasteiger partial charge in [-0.2, -0.15) is 0 Å². The van der Waals surface area contributed by atoms with Gasteiger partial charge in [0.25, 0.3) is 0 Å². The first-order valence-corrected chi connectivity index (χ1v) is 10.6. The van der Waals surface area contributed by atoms with Crippen molar-refractivity contribution < 1.29 is 28.6 Å². The third kappa shape index (κ3) is 8.17. The number of hydrogen-bond donors (Lipinski definition) is 0. The summed E-state index contributed by atoms with van der Waals surface area (Å²) in [5.41, 5.74) is 0.218. The fourth-order valence-electron chi connectivity index (χ4n) is 3.37. The summed E-state index contributed by atoms with van der Waals surface area (Å²) in [5.74, 6) is -1.44. The largest absolute Gasteiger partial charge is 0.461 e. The van der Waals surface area contributed by atoms with Crippen LogP contribution in [0, 0.1) is 5.92 Å². The number of amides is 1. The van der Waals surface area contributed by atoms with Crippen LogP contribution < -0.4 is 0 Å². The molecule has 0 N–H and O–H groups in total. The SMILES string of the molecule is C=CCOC[C@H](CC(=O)[C@@H]1CCCN1C(=O)OC(C)(C)C)C(=O)OCc1ccccc1. The molecule has 0 unspecified atom stereocenters. The zero-order valence-electron chi connectivity index (χ0n) is 18.7. The number of esters is 1. The highest BCUT2D eigenvalue weighted by atomic mass is 16.6. The quantitative estimate of drug-likeness (QED) is 0.317. The third-order valence-electron chi connectivity index (χ3n) is 4.81. The van der Waals surface area contributed by atoms with Gasteiger partial charge >= 0.3 is 12.1 Å². The second-order valence-electron chi connectivity index (χ2n) is 8.62. The lowest BCUT2D eigenvalue weighted by Gasteiger charge is -2.28. The van der Waals surface area contributed by atoms with Crippen molar-refractivity contribution in [3.63, 3.8) is 0 Å². The molecule has 1 heterocycles. The Labute approximate surface area is 184 Å². The molecule has 7 nitrogen and oxygen atoms in total. The minimum absolute atomic E-state index is 0.0462. The topological polar surface area (TPSA) is 82.1 Å². The van der Waals surface area contributed by atoms with E-state index in [-0.39, 0.29) is 32.0 Å². The van der Waals surface area contributed by atoms with Crippen LogP contribution in [0.2, 0.25) is 0 Å². The standard InChI is InChI=1S/C24H33NO6/c1-5-14-29-17-19(22(27)30-16-18-10-7-6-8-11-18)15-21(26)20-12-9-13-25(20)23(28)31-24(2,3)4/h5-8,10-11,19-20H,1,9,12-17H2,2-4H3/t19-,20-/m0/s1. The van der Waals surface area contributed by atoms with Crippen molar-refractivity contribution in [2.24, 2.45) is 5.92 Å². The number of carbonyl (C=O) groups excluding carboxylic acids is 3. The second-order valence-corrected chi connectivity index (χ2v) is 8.62. The summed E-state index contributed by atoms with van der Waals surface area (Å²) in [6, 6.07) is 8.73. The average molecular weight is 432 g/mol. The molecule has 0 bridgehead atoms. The highest BCUT2D eigenvalue weighted by Gasteiger charge is 2.38. The van der Waals surface area contributed by atoms with E-state index in [1.54, 1.807) is 26.8 Å². The number of nitrogens with zero attached hydrogens (tertiary/aromatic N) is 1. The van der Waals surface area contributed by atoms with E-state index in [9.17, 15) is 14.4 Å². The fourth-order valence-corrected chi connectivity index (χ4v) is 3.37. The Morgan fingerprint density at radius 1 is 1.23 bits per heavy atom. The molecule has 1 amide bonds. The van der Waals surface area contributed by atoms with E-state index in [1.807, 2.05) is 30.3 Å². The van der Waals surface area contributed by atoms with Crippen molar-refractivity contribution in [1.29, 1.82) is 0 Å². The van der Waals surface area contributed by atoms with Crippen LogP contribution in [0.3, 0.4) is 0 Å². The minimum atomic E-state index is -0.753. The first-order valence-electron chi connectivity index (χ1n) is 10.6. The highest BCUT2D eigenvalue weighted by Crippen LogP contribution is 2.24. The van der Waals surface area contributed by atoms with E-state index in [0.717, 1.165) is 5.56 Å². The summed E-state index contributed by atoms with van der Waals surface area (Å²) in [4.78, 5) is 39.6. The Morgan fingerprint density at radius 2 is 1.94 bits per heavy atom. The highest BCUT2D eigenvalue weighted by molar-refractivity contribution is 5.91. The van der Waals surface area contributed by atoms with Crippen molar-refractivity contribution in [2.45, 2.75) is 58.3 Å². The van der Waals surface area contributed by atoms with Crippen LogP contribution in [-0.4, -0.2) is 54.1 Å². The number of ketones is 1. The van der Waals surface area contributed by atoms with E-state index in [0.29, 0.717) is 19.4 Å². The molecule has 1 saturated heterocycles. The predicted octanol–water partition coefficient (Wildman–Crippen LogP) is 3.91. The summed E-state index contributed by atoms with van der Waals surface area (Å²) in [6.07, 6.45) is 2.28. The van der Waals surface area contributed by atoms with Crippen molar-refractivity contribution in [2.75, 3.05) is 19.8 Å². The monoisotopic (exact) mass is 431 g/mol. The maximum Gasteiger partial charge on any atom is 0.410 e. The first-order chi connectivity index (χ1) is 14.7. The van der Waals surface area contributed by atoms with Crippen LogP contribution >= 0.6 is 0 Å². The Balaban J connectivity index is 2.01. The van der Waals surface area contributed by atoms with Crippen LogP contribution in [0.15, 0.2) is 43.0 Å². The molecule has 7 heteroatoms. The number of carbonyl (C=O) groups is 3. The Kier molecular flexibility index (Phi) is 9.24. The second kappa shape index (κ2) is 11.6. The van der Waals surface area contributed by atoms with Gasteiger partial charge in [0, 0.05) is 13.0 Å². The van der Waals surface area contributed by atoms with Crippen LogP contribution in [0.4, 0.5) is 4.79 Å². The van der Waals surface area contributed by atoms with Gasteiger partial charge in [-0.15, -0.1) is 6.58 Å². The molecular weight excluding hydrogens is 398 g/mol. The number of likely N-dealkylation sites (tertiary alicyclic amines) is 1. The van der Waals surface area contributed by atoms with Gasteiger partial charge in [0.2, 0.25) is 0 Å². The molecule has 0 aliphatic carbocycles.